The van der Waals surface area contributed by atoms with E-state index in [1.54, 1.807) is 29.3 Å². The van der Waals surface area contributed by atoms with Crippen LogP contribution >= 0.6 is 11.3 Å². The Morgan fingerprint density at radius 1 is 1.35 bits per heavy atom. The van der Waals surface area contributed by atoms with Crippen LogP contribution in [0.3, 0.4) is 0 Å². The van der Waals surface area contributed by atoms with E-state index in [0.717, 1.165) is 48.2 Å². The number of nitrogens with zero attached hydrogens (tertiary/aromatic N) is 2. The average molecular weight is 369 g/mol. The van der Waals surface area contributed by atoms with Crippen LogP contribution in [-0.4, -0.2) is 35.9 Å². The first kappa shape index (κ1) is 17.4. The van der Waals surface area contributed by atoms with Gasteiger partial charge in [-0.25, -0.2) is 4.98 Å². The maximum absolute atomic E-state index is 13.1. The number of aromatic nitrogens is 2. The number of ether oxygens (including phenoxy) is 1. The highest BCUT2D eigenvalue weighted by Gasteiger charge is 2.24. The molecule has 1 aromatic carbocycles. The van der Waals surface area contributed by atoms with E-state index in [4.69, 9.17) is 4.74 Å². The van der Waals surface area contributed by atoms with Gasteiger partial charge < -0.3 is 10.1 Å². The van der Waals surface area contributed by atoms with Crippen molar-refractivity contribution in [2.24, 2.45) is 0 Å². The summed E-state index contributed by atoms with van der Waals surface area (Å²) in [7, 11) is 1.72. The van der Waals surface area contributed by atoms with E-state index in [2.05, 4.69) is 10.3 Å². The fourth-order valence-corrected chi connectivity index (χ4v) is 4.89. The molecule has 4 rings (SSSR count). The molecule has 1 unspecified atom stereocenters. The Morgan fingerprint density at radius 2 is 2.19 bits per heavy atom. The Balaban J connectivity index is 1.61. The van der Waals surface area contributed by atoms with Gasteiger partial charge in [-0.05, 0) is 30.4 Å². The Labute approximate surface area is 156 Å². The number of thiophene rings is 1. The molecule has 1 aliphatic rings. The lowest BCUT2D eigenvalue weighted by Crippen LogP contribution is -2.36. The van der Waals surface area contributed by atoms with E-state index < -0.39 is 0 Å². The van der Waals surface area contributed by atoms with Crippen LogP contribution in [0, 0.1) is 0 Å². The molecule has 26 heavy (non-hydrogen) atoms. The van der Waals surface area contributed by atoms with Gasteiger partial charge in [0.2, 0.25) is 0 Å². The van der Waals surface area contributed by atoms with Gasteiger partial charge in [-0.2, -0.15) is 0 Å². The zero-order valence-electron chi connectivity index (χ0n) is 14.9. The number of rotatable bonds is 6. The van der Waals surface area contributed by atoms with Crippen LogP contribution in [0.4, 0.5) is 0 Å². The van der Waals surface area contributed by atoms with Gasteiger partial charge in [0, 0.05) is 24.6 Å². The summed E-state index contributed by atoms with van der Waals surface area (Å²) in [4.78, 5) is 19.8. The smallest absolute Gasteiger partial charge is 0.262 e. The molecule has 0 aliphatic heterocycles. The summed E-state index contributed by atoms with van der Waals surface area (Å²) in [5, 5.41) is 4.38. The van der Waals surface area contributed by atoms with E-state index >= 15 is 0 Å². The third kappa shape index (κ3) is 3.45. The predicted molar refractivity (Wildman–Crippen MR) is 105 cm³/mol. The van der Waals surface area contributed by atoms with Gasteiger partial charge in [0.15, 0.2) is 0 Å². The first-order chi connectivity index (χ1) is 12.8. The quantitative estimate of drug-likeness (QED) is 0.679. The molecule has 1 atom stereocenters. The zero-order valence-corrected chi connectivity index (χ0v) is 15.7. The lowest BCUT2D eigenvalue weighted by Gasteiger charge is -2.23. The second kappa shape index (κ2) is 7.70. The predicted octanol–water partition coefficient (Wildman–Crippen LogP) is 2.60. The molecule has 6 heteroatoms. The van der Waals surface area contributed by atoms with Crippen LogP contribution in [0.1, 0.15) is 22.4 Å². The fourth-order valence-electron chi connectivity index (χ4n) is 3.63. The minimum absolute atomic E-state index is 0.0853. The topological polar surface area (TPSA) is 56.1 Å². The van der Waals surface area contributed by atoms with Crippen molar-refractivity contribution in [2.45, 2.75) is 31.8 Å². The van der Waals surface area contributed by atoms with Crippen molar-refractivity contribution in [1.29, 1.82) is 0 Å². The van der Waals surface area contributed by atoms with Gasteiger partial charge >= 0.3 is 0 Å². The molecule has 0 saturated heterocycles. The molecule has 2 heterocycles. The number of hydrogen-bond donors (Lipinski definition) is 1. The van der Waals surface area contributed by atoms with Crippen molar-refractivity contribution >= 4 is 21.6 Å². The van der Waals surface area contributed by atoms with E-state index in [9.17, 15) is 4.79 Å². The van der Waals surface area contributed by atoms with Crippen LogP contribution in [0.5, 0.6) is 0 Å². The van der Waals surface area contributed by atoms with Gasteiger partial charge in [0.05, 0.1) is 24.9 Å². The summed E-state index contributed by atoms with van der Waals surface area (Å²) < 4.78 is 6.84. The molecule has 5 nitrogen and oxygen atoms in total. The summed E-state index contributed by atoms with van der Waals surface area (Å²) in [5.41, 5.74) is 2.42. The number of methoxy groups -OCH3 is 1. The first-order valence-electron chi connectivity index (χ1n) is 9.02. The third-order valence-corrected chi connectivity index (χ3v) is 6.13. The van der Waals surface area contributed by atoms with Crippen molar-refractivity contribution in [2.75, 3.05) is 20.3 Å². The third-order valence-electron chi connectivity index (χ3n) is 4.97. The van der Waals surface area contributed by atoms with Gasteiger partial charge in [-0.1, -0.05) is 30.3 Å². The highest BCUT2D eigenvalue weighted by Crippen LogP contribution is 2.33. The van der Waals surface area contributed by atoms with Crippen LogP contribution in [0.2, 0.25) is 0 Å². The first-order valence-corrected chi connectivity index (χ1v) is 9.84. The summed E-state index contributed by atoms with van der Waals surface area (Å²) in [6.07, 6.45) is 4.65. The minimum atomic E-state index is 0.0853. The summed E-state index contributed by atoms with van der Waals surface area (Å²) >= 11 is 1.68. The summed E-state index contributed by atoms with van der Waals surface area (Å²) in [6, 6.07) is 10.5. The normalized spacial score (nSPS) is 16.7. The van der Waals surface area contributed by atoms with Crippen LogP contribution in [0.25, 0.3) is 10.2 Å². The van der Waals surface area contributed by atoms with Gasteiger partial charge in [0.25, 0.3) is 5.56 Å². The number of hydrogen-bond acceptors (Lipinski definition) is 5. The summed E-state index contributed by atoms with van der Waals surface area (Å²) in [5.74, 6) is 0. The molecule has 0 radical (unpaired) electrons. The standard InChI is InChI=1S/C20H23N3O2S/c1-25-10-9-21-15-7-8-16-17(11-15)26-19-18(16)20(24)23(13-22-19)12-14-5-3-2-4-6-14/h2-6,13,15,21H,7-12H2,1H3. The molecule has 3 aromatic rings. The van der Waals surface area contributed by atoms with Crippen molar-refractivity contribution in [3.8, 4) is 0 Å². The van der Waals surface area contributed by atoms with Crippen molar-refractivity contribution in [1.82, 2.24) is 14.9 Å². The Hall–Kier alpha value is -2.02. The molecule has 0 fully saturated rings. The fraction of sp³-hybridized carbons (Fsp3) is 0.400. The van der Waals surface area contributed by atoms with Gasteiger partial charge in [0.1, 0.15) is 4.83 Å². The molecule has 1 N–H and O–H groups in total. The molecular formula is C20H23N3O2S. The van der Waals surface area contributed by atoms with E-state index in [1.165, 1.54) is 10.4 Å². The number of benzene rings is 1. The maximum atomic E-state index is 13.1. The van der Waals surface area contributed by atoms with Crippen molar-refractivity contribution in [3.63, 3.8) is 0 Å². The van der Waals surface area contributed by atoms with Crippen molar-refractivity contribution in [3.05, 3.63) is 63.0 Å². The van der Waals surface area contributed by atoms with Gasteiger partial charge in [-0.15, -0.1) is 11.3 Å². The molecule has 0 bridgehead atoms. The lowest BCUT2D eigenvalue weighted by molar-refractivity contribution is 0.194. The summed E-state index contributed by atoms with van der Waals surface area (Å²) in [6.45, 7) is 2.15. The van der Waals surface area contributed by atoms with E-state index in [1.807, 2.05) is 30.3 Å². The van der Waals surface area contributed by atoms with Crippen LogP contribution in [0.15, 0.2) is 41.5 Å². The van der Waals surface area contributed by atoms with Gasteiger partial charge in [-0.3, -0.25) is 9.36 Å². The number of fused-ring (bicyclic) bond motifs is 3. The molecule has 2 aromatic heterocycles. The second-order valence-corrected chi connectivity index (χ2v) is 7.82. The molecule has 0 amide bonds. The van der Waals surface area contributed by atoms with Crippen LogP contribution < -0.4 is 10.9 Å². The largest absolute Gasteiger partial charge is 0.383 e. The molecule has 0 saturated carbocycles. The maximum Gasteiger partial charge on any atom is 0.262 e. The number of nitrogens with one attached hydrogen (secondary N) is 1. The Bertz CT molecular complexity index is 949. The highest BCUT2D eigenvalue weighted by molar-refractivity contribution is 7.18. The van der Waals surface area contributed by atoms with Crippen molar-refractivity contribution < 1.29 is 4.74 Å². The van der Waals surface area contributed by atoms with E-state index in [0.29, 0.717) is 12.6 Å². The highest BCUT2D eigenvalue weighted by atomic mass is 32.1. The Morgan fingerprint density at radius 3 is 3.00 bits per heavy atom. The SMILES string of the molecule is COCCNC1CCc2c(sc3ncn(Cc4ccccc4)c(=O)c23)C1. The molecular weight excluding hydrogens is 346 g/mol. The molecule has 1 aliphatic carbocycles. The average Bonchev–Trinajstić information content (AvgIpc) is 3.03. The molecule has 0 spiro atoms. The minimum Gasteiger partial charge on any atom is -0.383 e. The second-order valence-electron chi connectivity index (χ2n) is 6.73. The lowest BCUT2D eigenvalue weighted by atomic mass is 9.93. The van der Waals surface area contributed by atoms with E-state index in [-0.39, 0.29) is 5.56 Å². The zero-order chi connectivity index (χ0) is 17.9. The molecule has 136 valence electrons. The Kier molecular flexibility index (Phi) is 5.15. The monoisotopic (exact) mass is 369 g/mol. The number of aryl methyl sites for hydroxylation is 1. The van der Waals surface area contributed by atoms with Crippen LogP contribution in [-0.2, 0) is 24.1 Å².